The van der Waals surface area contributed by atoms with Crippen LogP contribution in [0.2, 0.25) is 0 Å². The van der Waals surface area contributed by atoms with Crippen molar-refractivity contribution in [3.63, 3.8) is 0 Å². The normalized spacial score (nSPS) is 42.8. The third-order valence-corrected chi connectivity index (χ3v) is 5.74. The molecule has 2 aliphatic rings. The van der Waals surface area contributed by atoms with Gasteiger partial charge in [-0.2, -0.15) is 0 Å². The van der Waals surface area contributed by atoms with Crippen LogP contribution in [0.4, 0.5) is 0 Å². The smallest absolute Gasteiger partial charge is 0.236 e. The molecular weight excluding hydrogens is 370 g/mol. The molecule has 2 rings (SSSR count). The first-order valence-electron chi connectivity index (χ1n) is 9.56. The lowest BCUT2D eigenvalue weighted by Crippen LogP contribution is -2.72. The highest BCUT2D eigenvalue weighted by Crippen LogP contribution is 2.31. The van der Waals surface area contributed by atoms with Gasteiger partial charge in [-0.3, -0.25) is 4.79 Å². The number of rotatable bonds is 6. The minimum absolute atomic E-state index is 0.215. The lowest BCUT2D eigenvalue weighted by atomic mass is 9.80. The molecular formula is C17H35N5O6. The van der Waals surface area contributed by atoms with E-state index in [1.54, 1.807) is 0 Å². The number of amides is 1. The first-order valence-corrected chi connectivity index (χ1v) is 9.56. The standard InChI is InChI=1S/C17H35N5O6/c1-7(19)9-5-4-8(20)17(27-9)28-15-11(21)13(24)16(26-3)12(14(15)25)22(2)10(23)6-18/h7-9,11-17,24-25H,4-6,18-21H2,1-3H3/t7-,8+,9-,11-,12+,13-,14-,15-,16-,17+/m0/s1. The largest absolute Gasteiger partial charge is 0.389 e. The number of aliphatic hydroxyl groups is 2. The molecule has 11 heteroatoms. The molecule has 1 saturated heterocycles. The van der Waals surface area contributed by atoms with Gasteiger partial charge in [0.2, 0.25) is 5.91 Å². The number of methoxy groups -OCH3 is 1. The minimum Gasteiger partial charge on any atom is -0.389 e. The number of hydrogen-bond acceptors (Lipinski definition) is 10. The number of likely N-dealkylation sites (N-methyl/N-ethyl adjacent to an activating group) is 1. The van der Waals surface area contributed by atoms with E-state index in [1.165, 1.54) is 19.1 Å². The molecule has 0 aromatic heterocycles. The Morgan fingerprint density at radius 3 is 2.43 bits per heavy atom. The van der Waals surface area contributed by atoms with E-state index in [0.717, 1.165) is 0 Å². The van der Waals surface area contributed by atoms with E-state index in [1.807, 2.05) is 6.92 Å². The number of carbonyl (C=O) groups excluding carboxylic acids is 1. The molecule has 1 aliphatic carbocycles. The summed E-state index contributed by atoms with van der Waals surface area (Å²) in [5, 5.41) is 21.6. The van der Waals surface area contributed by atoms with Crippen LogP contribution >= 0.6 is 0 Å². The number of ether oxygens (including phenoxy) is 3. The van der Waals surface area contributed by atoms with Gasteiger partial charge >= 0.3 is 0 Å². The highest BCUT2D eigenvalue weighted by molar-refractivity contribution is 5.78. The zero-order valence-electron chi connectivity index (χ0n) is 16.7. The number of hydrogen-bond donors (Lipinski definition) is 6. The molecule has 2 fully saturated rings. The first-order chi connectivity index (χ1) is 13.1. The molecule has 164 valence electrons. The van der Waals surface area contributed by atoms with Gasteiger partial charge in [0, 0.05) is 20.2 Å². The van der Waals surface area contributed by atoms with E-state index < -0.39 is 54.7 Å². The number of aliphatic hydroxyl groups excluding tert-OH is 2. The molecule has 28 heavy (non-hydrogen) atoms. The van der Waals surface area contributed by atoms with Gasteiger partial charge in [-0.15, -0.1) is 0 Å². The number of carbonyl (C=O) groups is 1. The SMILES string of the molecule is CO[C@@H]1[C@@H](O)[C@H](N)[C@H](O[C@H]2O[C@H]([C@H](C)N)CC[C@H]2N)[C@@H](O)[C@H]1N(C)C(=O)CN. The summed E-state index contributed by atoms with van der Waals surface area (Å²) in [5.74, 6) is -0.421. The zero-order chi connectivity index (χ0) is 21.2. The van der Waals surface area contributed by atoms with E-state index in [2.05, 4.69) is 0 Å². The van der Waals surface area contributed by atoms with Crippen LogP contribution in [0.1, 0.15) is 19.8 Å². The number of nitrogens with zero attached hydrogens (tertiary/aromatic N) is 1. The van der Waals surface area contributed by atoms with Crippen LogP contribution in [-0.4, -0.2) is 103 Å². The second-order valence-corrected chi connectivity index (χ2v) is 7.70. The second kappa shape index (κ2) is 9.74. The maximum atomic E-state index is 12.1. The zero-order valence-corrected chi connectivity index (χ0v) is 16.7. The van der Waals surface area contributed by atoms with Crippen molar-refractivity contribution in [2.45, 2.75) is 80.7 Å². The van der Waals surface area contributed by atoms with Crippen molar-refractivity contribution in [1.29, 1.82) is 0 Å². The van der Waals surface area contributed by atoms with Gasteiger partial charge in [-0.1, -0.05) is 0 Å². The van der Waals surface area contributed by atoms with Crippen molar-refractivity contribution >= 4 is 5.91 Å². The molecule has 0 radical (unpaired) electrons. The van der Waals surface area contributed by atoms with Crippen molar-refractivity contribution in [2.24, 2.45) is 22.9 Å². The van der Waals surface area contributed by atoms with Crippen LogP contribution in [-0.2, 0) is 19.0 Å². The predicted molar refractivity (Wildman–Crippen MR) is 101 cm³/mol. The molecule has 0 aromatic rings. The Hall–Kier alpha value is -0.890. The monoisotopic (exact) mass is 405 g/mol. The van der Waals surface area contributed by atoms with Crippen LogP contribution in [0, 0.1) is 0 Å². The van der Waals surface area contributed by atoms with Gasteiger partial charge in [0.05, 0.1) is 36.9 Å². The Labute approximate surface area is 165 Å². The Morgan fingerprint density at radius 2 is 1.89 bits per heavy atom. The molecule has 10 atom stereocenters. The number of nitrogens with two attached hydrogens (primary N) is 4. The van der Waals surface area contributed by atoms with E-state index in [9.17, 15) is 15.0 Å². The molecule has 0 aromatic carbocycles. The van der Waals surface area contributed by atoms with Gasteiger partial charge in [-0.05, 0) is 19.8 Å². The maximum absolute atomic E-state index is 12.1. The van der Waals surface area contributed by atoms with Gasteiger partial charge in [0.1, 0.15) is 18.3 Å². The van der Waals surface area contributed by atoms with Gasteiger partial charge in [-0.25, -0.2) is 0 Å². The highest BCUT2D eigenvalue weighted by Gasteiger charge is 2.53. The van der Waals surface area contributed by atoms with Crippen molar-refractivity contribution < 1.29 is 29.2 Å². The highest BCUT2D eigenvalue weighted by atomic mass is 16.7. The van der Waals surface area contributed by atoms with Crippen molar-refractivity contribution in [2.75, 3.05) is 20.7 Å². The van der Waals surface area contributed by atoms with Crippen molar-refractivity contribution in [3.8, 4) is 0 Å². The van der Waals surface area contributed by atoms with Crippen LogP contribution in [0.25, 0.3) is 0 Å². The summed E-state index contributed by atoms with van der Waals surface area (Å²) in [5.41, 5.74) is 23.6. The van der Waals surface area contributed by atoms with Gasteiger partial charge in [0.25, 0.3) is 0 Å². The second-order valence-electron chi connectivity index (χ2n) is 7.70. The van der Waals surface area contributed by atoms with Crippen LogP contribution < -0.4 is 22.9 Å². The summed E-state index contributed by atoms with van der Waals surface area (Å²) in [6, 6.07) is -2.55. The Balaban J connectivity index is 2.23. The average molecular weight is 405 g/mol. The van der Waals surface area contributed by atoms with Crippen molar-refractivity contribution in [1.82, 2.24) is 4.90 Å². The summed E-state index contributed by atoms with van der Waals surface area (Å²) in [4.78, 5) is 13.3. The summed E-state index contributed by atoms with van der Waals surface area (Å²) in [6.45, 7) is 1.58. The minimum atomic E-state index is -1.25. The molecule has 1 aliphatic heterocycles. The molecule has 0 bridgehead atoms. The molecule has 1 amide bonds. The average Bonchev–Trinajstić information content (AvgIpc) is 2.67. The molecule has 10 N–H and O–H groups in total. The van der Waals surface area contributed by atoms with E-state index in [4.69, 9.17) is 37.1 Å². The van der Waals surface area contributed by atoms with E-state index >= 15 is 0 Å². The molecule has 1 heterocycles. The van der Waals surface area contributed by atoms with Crippen LogP contribution in [0.5, 0.6) is 0 Å². The van der Waals surface area contributed by atoms with E-state index in [0.29, 0.717) is 12.8 Å². The molecule has 0 unspecified atom stereocenters. The molecule has 11 nitrogen and oxygen atoms in total. The quantitative estimate of drug-likeness (QED) is 0.257. The van der Waals surface area contributed by atoms with E-state index in [-0.39, 0.29) is 18.7 Å². The fourth-order valence-electron chi connectivity index (χ4n) is 3.95. The van der Waals surface area contributed by atoms with Gasteiger partial charge in [0.15, 0.2) is 6.29 Å². The lowest BCUT2D eigenvalue weighted by Gasteiger charge is -2.50. The van der Waals surface area contributed by atoms with Gasteiger partial charge < -0.3 is 52.3 Å². The Bertz CT molecular complexity index is 526. The maximum Gasteiger partial charge on any atom is 0.236 e. The predicted octanol–water partition coefficient (Wildman–Crippen LogP) is -3.59. The third-order valence-electron chi connectivity index (χ3n) is 5.74. The van der Waals surface area contributed by atoms with Crippen LogP contribution in [0.3, 0.4) is 0 Å². The Morgan fingerprint density at radius 1 is 1.25 bits per heavy atom. The lowest BCUT2D eigenvalue weighted by molar-refractivity contribution is -0.267. The molecule has 0 spiro atoms. The fraction of sp³-hybridized carbons (Fsp3) is 0.941. The summed E-state index contributed by atoms with van der Waals surface area (Å²) < 4.78 is 17.1. The summed E-state index contributed by atoms with van der Waals surface area (Å²) >= 11 is 0. The fourth-order valence-corrected chi connectivity index (χ4v) is 3.95. The summed E-state index contributed by atoms with van der Waals surface area (Å²) in [6.07, 6.45) is -4.16. The first kappa shape index (κ1) is 23.4. The topological polar surface area (TPSA) is 193 Å². The Kier molecular flexibility index (Phi) is 8.14. The summed E-state index contributed by atoms with van der Waals surface area (Å²) in [7, 11) is 2.85. The van der Waals surface area contributed by atoms with Crippen LogP contribution in [0.15, 0.2) is 0 Å². The van der Waals surface area contributed by atoms with Crippen molar-refractivity contribution in [3.05, 3.63) is 0 Å². The third kappa shape index (κ3) is 4.64. The molecule has 1 saturated carbocycles.